The van der Waals surface area contributed by atoms with E-state index >= 15 is 0 Å². The van der Waals surface area contributed by atoms with Crippen LogP contribution in [-0.2, 0) is 0 Å². The number of benzene rings is 1. The Hall–Kier alpha value is -1.06. The SMILES string of the molecule is COc1cc(C)ccc1C(C)NCCN1CCCC1. The molecule has 1 atom stereocenters. The lowest BCUT2D eigenvalue weighted by Gasteiger charge is -2.20. The Morgan fingerprint density at radius 2 is 2.05 bits per heavy atom. The minimum atomic E-state index is 0.332. The highest BCUT2D eigenvalue weighted by Crippen LogP contribution is 2.25. The maximum Gasteiger partial charge on any atom is 0.123 e. The second-order valence-corrected chi connectivity index (χ2v) is 5.47. The van der Waals surface area contributed by atoms with Gasteiger partial charge in [0.15, 0.2) is 0 Å². The van der Waals surface area contributed by atoms with Gasteiger partial charge in [0.2, 0.25) is 0 Å². The molecular formula is C16H26N2O. The van der Waals surface area contributed by atoms with Crippen molar-refractivity contribution in [1.82, 2.24) is 10.2 Å². The van der Waals surface area contributed by atoms with Crippen LogP contribution in [0.2, 0.25) is 0 Å². The largest absolute Gasteiger partial charge is 0.496 e. The number of nitrogens with zero attached hydrogens (tertiary/aromatic N) is 1. The van der Waals surface area contributed by atoms with Crippen LogP contribution in [0.1, 0.15) is 36.9 Å². The summed E-state index contributed by atoms with van der Waals surface area (Å²) < 4.78 is 5.48. The highest BCUT2D eigenvalue weighted by atomic mass is 16.5. The van der Waals surface area contributed by atoms with Gasteiger partial charge in [-0.25, -0.2) is 0 Å². The number of methoxy groups -OCH3 is 1. The van der Waals surface area contributed by atoms with E-state index in [4.69, 9.17) is 4.74 Å². The molecule has 0 aliphatic carbocycles. The normalized spacial score (nSPS) is 17.6. The van der Waals surface area contributed by atoms with Crippen LogP contribution in [-0.4, -0.2) is 38.2 Å². The summed E-state index contributed by atoms with van der Waals surface area (Å²) in [6.45, 7) is 9.03. The summed E-state index contributed by atoms with van der Waals surface area (Å²) in [4.78, 5) is 2.53. The summed E-state index contributed by atoms with van der Waals surface area (Å²) in [5, 5.41) is 3.60. The van der Waals surface area contributed by atoms with E-state index in [2.05, 4.69) is 42.3 Å². The van der Waals surface area contributed by atoms with Crippen LogP contribution in [0.3, 0.4) is 0 Å². The molecule has 1 fully saturated rings. The Balaban J connectivity index is 1.86. The van der Waals surface area contributed by atoms with Gasteiger partial charge in [-0.15, -0.1) is 0 Å². The molecule has 0 aromatic heterocycles. The van der Waals surface area contributed by atoms with Crippen molar-refractivity contribution in [2.45, 2.75) is 32.7 Å². The lowest BCUT2D eigenvalue weighted by atomic mass is 10.0. The summed E-state index contributed by atoms with van der Waals surface area (Å²) in [5.41, 5.74) is 2.49. The first kappa shape index (κ1) is 14.4. The minimum absolute atomic E-state index is 0.332. The summed E-state index contributed by atoms with van der Waals surface area (Å²) in [6, 6.07) is 6.75. The molecule has 0 amide bonds. The number of rotatable bonds is 6. The zero-order chi connectivity index (χ0) is 13.7. The standard InChI is InChI=1S/C16H26N2O/c1-13-6-7-15(16(12-13)19-3)14(2)17-8-11-18-9-4-5-10-18/h6-7,12,14,17H,4-5,8-11H2,1-3H3. The first-order valence-electron chi connectivity index (χ1n) is 7.31. The molecule has 0 spiro atoms. The van der Waals surface area contributed by atoms with Gasteiger partial charge in [-0.3, -0.25) is 0 Å². The molecular weight excluding hydrogens is 236 g/mol. The van der Waals surface area contributed by atoms with Crippen LogP contribution in [0.4, 0.5) is 0 Å². The van der Waals surface area contributed by atoms with Gasteiger partial charge in [0, 0.05) is 24.7 Å². The Morgan fingerprint density at radius 1 is 1.32 bits per heavy atom. The Morgan fingerprint density at radius 3 is 2.74 bits per heavy atom. The van der Waals surface area contributed by atoms with Crippen LogP contribution >= 0.6 is 0 Å². The molecule has 106 valence electrons. The summed E-state index contributed by atoms with van der Waals surface area (Å²) in [5.74, 6) is 0.987. The average molecular weight is 262 g/mol. The van der Waals surface area contributed by atoms with E-state index in [1.54, 1.807) is 7.11 Å². The quantitative estimate of drug-likeness (QED) is 0.853. The molecule has 0 bridgehead atoms. The first-order valence-corrected chi connectivity index (χ1v) is 7.31. The number of aryl methyl sites for hydroxylation is 1. The summed E-state index contributed by atoms with van der Waals surface area (Å²) in [6.07, 6.45) is 2.72. The van der Waals surface area contributed by atoms with E-state index in [0.717, 1.165) is 18.8 Å². The zero-order valence-corrected chi connectivity index (χ0v) is 12.4. The van der Waals surface area contributed by atoms with Crippen molar-refractivity contribution >= 4 is 0 Å². The van der Waals surface area contributed by atoms with Crippen LogP contribution in [0.5, 0.6) is 5.75 Å². The van der Waals surface area contributed by atoms with E-state index in [-0.39, 0.29) is 0 Å². The molecule has 0 radical (unpaired) electrons. The Bertz CT molecular complexity index is 400. The van der Waals surface area contributed by atoms with E-state index < -0.39 is 0 Å². The lowest BCUT2D eigenvalue weighted by molar-refractivity contribution is 0.328. The number of ether oxygens (including phenoxy) is 1. The Kier molecular flexibility index (Phi) is 5.23. The molecule has 0 saturated carbocycles. The van der Waals surface area contributed by atoms with Gasteiger partial charge in [-0.2, -0.15) is 0 Å². The third-order valence-corrected chi connectivity index (χ3v) is 3.93. The monoisotopic (exact) mass is 262 g/mol. The van der Waals surface area contributed by atoms with Crippen LogP contribution in [0, 0.1) is 6.92 Å². The predicted octanol–water partition coefficient (Wildman–Crippen LogP) is 2.75. The van der Waals surface area contributed by atoms with Crippen molar-refractivity contribution in [3.05, 3.63) is 29.3 Å². The third kappa shape index (κ3) is 3.95. The summed E-state index contributed by atoms with van der Waals surface area (Å²) >= 11 is 0. The van der Waals surface area contributed by atoms with Gasteiger partial charge >= 0.3 is 0 Å². The van der Waals surface area contributed by atoms with E-state index in [1.165, 1.54) is 37.1 Å². The lowest BCUT2D eigenvalue weighted by Crippen LogP contribution is -2.31. The van der Waals surface area contributed by atoms with Gasteiger partial charge < -0.3 is 15.0 Å². The molecule has 1 saturated heterocycles. The van der Waals surface area contributed by atoms with Crippen LogP contribution < -0.4 is 10.1 Å². The van der Waals surface area contributed by atoms with Crippen LogP contribution in [0.25, 0.3) is 0 Å². The highest BCUT2D eigenvalue weighted by Gasteiger charge is 2.13. The molecule has 3 heteroatoms. The molecule has 19 heavy (non-hydrogen) atoms. The third-order valence-electron chi connectivity index (χ3n) is 3.93. The molecule has 1 aliphatic heterocycles. The highest BCUT2D eigenvalue weighted by molar-refractivity contribution is 5.38. The zero-order valence-electron chi connectivity index (χ0n) is 12.4. The second-order valence-electron chi connectivity index (χ2n) is 5.47. The molecule has 1 aromatic rings. The number of nitrogens with one attached hydrogen (secondary N) is 1. The smallest absolute Gasteiger partial charge is 0.123 e. The summed E-state index contributed by atoms with van der Waals surface area (Å²) in [7, 11) is 1.75. The van der Waals surface area contributed by atoms with E-state index in [0.29, 0.717) is 6.04 Å². The maximum absolute atomic E-state index is 5.48. The fraction of sp³-hybridized carbons (Fsp3) is 0.625. The molecule has 1 aliphatic rings. The van der Waals surface area contributed by atoms with Gasteiger partial charge in [-0.05, 0) is 51.4 Å². The number of likely N-dealkylation sites (tertiary alicyclic amines) is 1. The van der Waals surface area contributed by atoms with Gasteiger partial charge in [0.1, 0.15) is 5.75 Å². The predicted molar refractivity (Wildman–Crippen MR) is 79.8 cm³/mol. The van der Waals surface area contributed by atoms with Crippen molar-refractivity contribution in [3.63, 3.8) is 0 Å². The molecule has 1 heterocycles. The second kappa shape index (κ2) is 6.92. The molecule has 1 unspecified atom stereocenters. The molecule has 1 N–H and O–H groups in total. The fourth-order valence-electron chi connectivity index (χ4n) is 2.73. The van der Waals surface area contributed by atoms with E-state index in [9.17, 15) is 0 Å². The van der Waals surface area contributed by atoms with Gasteiger partial charge in [-0.1, -0.05) is 12.1 Å². The van der Waals surface area contributed by atoms with Crippen molar-refractivity contribution < 1.29 is 4.74 Å². The minimum Gasteiger partial charge on any atom is -0.496 e. The van der Waals surface area contributed by atoms with Crippen molar-refractivity contribution in [2.24, 2.45) is 0 Å². The number of hydrogen-bond acceptors (Lipinski definition) is 3. The van der Waals surface area contributed by atoms with Crippen LogP contribution in [0.15, 0.2) is 18.2 Å². The molecule has 2 rings (SSSR count). The molecule has 1 aromatic carbocycles. The van der Waals surface area contributed by atoms with Crippen molar-refractivity contribution in [3.8, 4) is 5.75 Å². The number of hydrogen-bond donors (Lipinski definition) is 1. The molecule has 3 nitrogen and oxygen atoms in total. The van der Waals surface area contributed by atoms with Crippen molar-refractivity contribution in [2.75, 3.05) is 33.3 Å². The van der Waals surface area contributed by atoms with Gasteiger partial charge in [0.25, 0.3) is 0 Å². The first-order chi connectivity index (χ1) is 9.20. The van der Waals surface area contributed by atoms with E-state index in [1.807, 2.05) is 0 Å². The van der Waals surface area contributed by atoms with Gasteiger partial charge in [0.05, 0.1) is 7.11 Å². The Labute approximate surface area is 116 Å². The fourth-order valence-corrected chi connectivity index (χ4v) is 2.73. The maximum atomic E-state index is 5.48. The topological polar surface area (TPSA) is 24.5 Å². The average Bonchev–Trinajstić information content (AvgIpc) is 2.91. The van der Waals surface area contributed by atoms with Crippen molar-refractivity contribution in [1.29, 1.82) is 0 Å².